The van der Waals surface area contributed by atoms with Crippen molar-refractivity contribution in [2.24, 2.45) is 0 Å². The first-order chi connectivity index (χ1) is 10.4. The van der Waals surface area contributed by atoms with Crippen molar-refractivity contribution in [1.82, 2.24) is 19.4 Å². The van der Waals surface area contributed by atoms with E-state index in [1.807, 2.05) is 0 Å². The van der Waals surface area contributed by atoms with Gasteiger partial charge < -0.3 is 4.74 Å². The molecule has 0 aliphatic carbocycles. The van der Waals surface area contributed by atoms with Crippen molar-refractivity contribution in [3.63, 3.8) is 0 Å². The number of imidazole rings is 1. The maximum absolute atomic E-state index is 13.1. The van der Waals surface area contributed by atoms with Crippen molar-refractivity contribution < 1.29 is 17.9 Å². The molecule has 3 aromatic heterocycles. The fourth-order valence-electron chi connectivity index (χ4n) is 2.04. The van der Waals surface area contributed by atoms with Gasteiger partial charge >= 0.3 is 6.18 Å². The second-order valence-electron chi connectivity index (χ2n) is 4.18. The van der Waals surface area contributed by atoms with Crippen LogP contribution in [0.4, 0.5) is 13.2 Å². The summed E-state index contributed by atoms with van der Waals surface area (Å²) < 4.78 is 45.3. The Morgan fingerprint density at radius 3 is 2.59 bits per heavy atom. The number of hydrogen-bond donors (Lipinski definition) is 0. The van der Waals surface area contributed by atoms with Crippen LogP contribution in [0.15, 0.2) is 16.9 Å². The van der Waals surface area contributed by atoms with Crippen LogP contribution >= 0.6 is 15.9 Å². The lowest BCUT2D eigenvalue weighted by molar-refractivity contribution is -0.139. The van der Waals surface area contributed by atoms with Crippen LogP contribution in [0.1, 0.15) is 11.4 Å². The van der Waals surface area contributed by atoms with Gasteiger partial charge in [0.25, 0.3) is 0 Å². The molecule has 0 aliphatic heterocycles. The highest BCUT2D eigenvalue weighted by Gasteiger charge is 2.38. The van der Waals surface area contributed by atoms with E-state index >= 15 is 0 Å². The Morgan fingerprint density at radius 1 is 1.27 bits per heavy atom. The third kappa shape index (κ3) is 2.05. The normalized spacial score (nSPS) is 11.8. The maximum Gasteiger partial charge on any atom is 0.435 e. The number of fused-ring (bicyclic) bond motifs is 3. The summed E-state index contributed by atoms with van der Waals surface area (Å²) in [4.78, 5) is 11.5. The highest BCUT2D eigenvalue weighted by atomic mass is 79.9. The highest BCUT2D eigenvalue weighted by Crippen LogP contribution is 2.36. The monoisotopic (exact) mass is 371 g/mol. The average Bonchev–Trinajstić information content (AvgIpc) is 2.84. The first-order valence-corrected chi connectivity index (χ1v) is 6.56. The van der Waals surface area contributed by atoms with Gasteiger partial charge in [0, 0.05) is 6.07 Å². The van der Waals surface area contributed by atoms with Gasteiger partial charge in [0.1, 0.15) is 17.1 Å². The molecule has 0 aromatic carbocycles. The van der Waals surface area contributed by atoms with Crippen LogP contribution in [-0.4, -0.2) is 26.5 Å². The van der Waals surface area contributed by atoms with Crippen LogP contribution in [0.25, 0.3) is 16.7 Å². The summed E-state index contributed by atoms with van der Waals surface area (Å²) in [5, 5.41) is 9.11. The highest BCUT2D eigenvalue weighted by molar-refractivity contribution is 9.10. The molecular weight excluding hydrogens is 367 g/mol. The van der Waals surface area contributed by atoms with E-state index in [4.69, 9.17) is 10.00 Å². The minimum atomic E-state index is -4.73. The van der Waals surface area contributed by atoms with E-state index in [1.165, 1.54) is 19.2 Å². The largest absolute Gasteiger partial charge is 0.481 e. The molecule has 22 heavy (non-hydrogen) atoms. The molecule has 0 bridgehead atoms. The van der Waals surface area contributed by atoms with E-state index in [0.717, 1.165) is 4.40 Å². The number of pyridine rings is 1. The predicted molar refractivity (Wildman–Crippen MR) is 72.3 cm³/mol. The van der Waals surface area contributed by atoms with Crippen LogP contribution in [0.3, 0.4) is 0 Å². The summed E-state index contributed by atoms with van der Waals surface area (Å²) in [5.41, 5.74) is -1.69. The van der Waals surface area contributed by atoms with E-state index in [0.29, 0.717) is 0 Å². The van der Waals surface area contributed by atoms with Crippen molar-refractivity contribution in [1.29, 1.82) is 5.26 Å². The molecular formula is C12H5BrF3N5O. The molecule has 0 spiro atoms. The van der Waals surface area contributed by atoms with E-state index in [1.54, 1.807) is 6.07 Å². The molecule has 0 atom stereocenters. The SMILES string of the molecule is COc1ccc2nc(C#N)c3c(C(F)(F)F)nc(Br)n3c2n1. The number of ether oxygens (including phenoxy) is 1. The van der Waals surface area contributed by atoms with Crippen molar-refractivity contribution in [3.8, 4) is 11.9 Å². The summed E-state index contributed by atoms with van der Waals surface area (Å²) in [6, 6.07) is 4.66. The topological polar surface area (TPSA) is 76.1 Å². The number of methoxy groups -OCH3 is 1. The van der Waals surface area contributed by atoms with Crippen LogP contribution in [-0.2, 0) is 6.18 Å². The lowest BCUT2D eigenvalue weighted by atomic mass is 10.2. The molecule has 3 aromatic rings. The lowest BCUT2D eigenvalue weighted by Crippen LogP contribution is -2.08. The summed E-state index contributed by atoms with van der Waals surface area (Å²) in [5.74, 6) is 0.203. The summed E-state index contributed by atoms with van der Waals surface area (Å²) >= 11 is 2.97. The van der Waals surface area contributed by atoms with Gasteiger partial charge in [0.15, 0.2) is 21.8 Å². The Balaban J connectivity index is 2.56. The number of rotatable bonds is 1. The van der Waals surface area contributed by atoms with Gasteiger partial charge in [-0.3, -0.25) is 4.40 Å². The standard InChI is InChI=1S/C12H5BrF3N5O/c1-22-7-3-2-5-10(19-7)21-8(6(4-17)18-5)9(12(14,15)16)20-11(21)13/h2-3H,1H3. The Hall–Kier alpha value is -2.41. The zero-order valence-electron chi connectivity index (χ0n) is 10.8. The zero-order chi connectivity index (χ0) is 16.1. The molecule has 0 N–H and O–H groups in total. The molecule has 0 radical (unpaired) electrons. The fourth-order valence-corrected chi connectivity index (χ4v) is 2.57. The molecule has 3 rings (SSSR count). The van der Waals surface area contributed by atoms with Crippen molar-refractivity contribution >= 4 is 32.6 Å². The third-order valence-electron chi connectivity index (χ3n) is 2.92. The van der Waals surface area contributed by atoms with Crippen LogP contribution in [0, 0.1) is 11.3 Å². The average molecular weight is 372 g/mol. The van der Waals surface area contributed by atoms with E-state index in [2.05, 4.69) is 30.9 Å². The van der Waals surface area contributed by atoms with Gasteiger partial charge in [-0.05, 0) is 22.0 Å². The van der Waals surface area contributed by atoms with Gasteiger partial charge in [-0.2, -0.15) is 23.4 Å². The maximum atomic E-state index is 13.1. The Kier molecular flexibility index (Phi) is 3.17. The predicted octanol–water partition coefficient (Wildman–Crippen LogP) is 2.94. The quantitative estimate of drug-likeness (QED) is 0.657. The summed E-state index contributed by atoms with van der Waals surface area (Å²) in [6.07, 6.45) is -4.73. The van der Waals surface area contributed by atoms with Crippen molar-refractivity contribution in [3.05, 3.63) is 28.3 Å². The molecule has 0 fully saturated rings. The van der Waals surface area contributed by atoms with E-state index in [9.17, 15) is 13.2 Å². The van der Waals surface area contributed by atoms with Gasteiger partial charge in [0.2, 0.25) is 5.88 Å². The molecule has 0 saturated heterocycles. The molecule has 3 heterocycles. The molecule has 0 unspecified atom stereocenters. The van der Waals surface area contributed by atoms with Gasteiger partial charge in [-0.1, -0.05) is 0 Å². The van der Waals surface area contributed by atoms with Crippen molar-refractivity contribution in [2.75, 3.05) is 7.11 Å². The Labute approximate surface area is 129 Å². The smallest absolute Gasteiger partial charge is 0.435 e. The summed E-state index contributed by atoms with van der Waals surface area (Å²) in [6.45, 7) is 0. The molecule has 6 nitrogen and oxygen atoms in total. The second-order valence-corrected chi connectivity index (χ2v) is 4.89. The lowest BCUT2D eigenvalue weighted by Gasteiger charge is -2.07. The molecule has 112 valence electrons. The van der Waals surface area contributed by atoms with E-state index in [-0.39, 0.29) is 27.5 Å². The molecule has 0 amide bonds. The minimum Gasteiger partial charge on any atom is -0.481 e. The molecule has 0 aliphatic rings. The molecule has 10 heteroatoms. The number of nitrogens with zero attached hydrogens (tertiary/aromatic N) is 5. The van der Waals surface area contributed by atoms with E-state index < -0.39 is 17.4 Å². The van der Waals surface area contributed by atoms with Crippen molar-refractivity contribution in [2.45, 2.75) is 6.18 Å². The second kappa shape index (κ2) is 4.81. The Bertz CT molecular complexity index is 944. The Morgan fingerprint density at radius 2 is 2.00 bits per heavy atom. The third-order valence-corrected chi connectivity index (χ3v) is 3.45. The summed E-state index contributed by atoms with van der Waals surface area (Å²) in [7, 11) is 1.38. The number of halogens is 4. The minimum absolute atomic E-state index is 0.100. The van der Waals surface area contributed by atoms with Gasteiger partial charge in [0.05, 0.1) is 7.11 Å². The number of nitriles is 1. The number of hydrogen-bond acceptors (Lipinski definition) is 5. The fraction of sp³-hybridized carbons (Fsp3) is 0.167. The zero-order valence-corrected chi connectivity index (χ0v) is 12.4. The number of aromatic nitrogens is 4. The number of alkyl halides is 3. The first kappa shape index (κ1) is 14.5. The van der Waals surface area contributed by atoms with Gasteiger partial charge in [-0.25, -0.2) is 9.97 Å². The van der Waals surface area contributed by atoms with Crippen LogP contribution in [0.2, 0.25) is 0 Å². The van der Waals surface area contributed by atoms with Gasteiger partial charge in [-0.15, -0.1) is 0 Å². The first-order valence-electron chi connectivity index (χ1n) is 5.77. The molecule has 0 saturated carbocycles. The van der Waals surface area contributed by atoms with Crippen LogP contribution < -0.4 is 4.74 Å². The van der Waals surface area contributed by atoms with Crippen LogP contribution in [0.5, 0.6) is 5.88 Å².